The third-order valence-corrected chi connectivity index (χ3v) is 0.788. The number of ether oxygens (including phenoxy) is 2. The molecular formula is C7H15ClMgO2. The minimum absolute atomic E-state index is 0. The maximum Gasteiger partial charge on any atom is -1.00 e. The first-order valence-corrected chi connectivity index (χ1v) is 4.51. The van der Waals surface area contributed by atoms with Gasteiger partial charge in [0.05, 0.1) is 13.2 Å². The molecule has 1 saturated heterocycles. The van der Waals surface area contributed by atoms with Gasteiger partial charge in [-0.2, -0.15) is 0 Å². The fraction of sp³-hybridized carbons (Fsp3) is 1.00. The molecule has 0 aromatic heterocycles. The Morgan fingerprint density at radius 1 is 1.27 bits per heavy atom. The van der Waals surface area contributed by atoms with Gasteiger partial charge in [0, 0.05) is 0 Å². The molecule has 11 heavy (non-hydrogen) atoms. The second-order valence-corrected chi connectivity index (χ2v) is 4.34. The summed E-state index contributed by atoms with van der Waals surface area (Å²) in [6.07, 6.45) is 0.0463. The fourth-order valence-corrected chi connectivity index (χ4v) is 0.476. The van der Waals surface area contributed by atoms with Crippen molar-refractivity contribution in [1.29, 1.82) is 0 Å². The van der Waals surface area contributed by atoms with Gasteiger partial charge in [-0.3, -0.25) is 0 Å². The van der Waals surface area contributed by atoms with Crippen molar-refractivity contribution in [2.75, 3.05) is 13.2 Å². The fourth-order valence-electron chi connectivity index (χ4n) is 0.476. The van der Waals surface area contributed by atoms with E-state index in [2.05, 4.69) is 13.8 Å². The Morgan fingerprint density at radius 2 is 1.55 bits per heavy atom. The zero-order chi connectivity index (χ0) is 7.98. The van der Waals surface area contributed by atoms with Crippen LogP contribution in [0.2, 0.25) is 4.05 Å². The van der Waals surface area contributed by atoms with Gasteiger partial charge >= 0.3 is 39.6 Å². The van der Waals surface area contributed by atoms with Crippen molar-refractivity contribution in [2.24, 2.45) is 0 Å². The van der Waals surface area contributed by atoms with Crippen LogP contribution in [0.5, 0.6) is 0 Å². The van der Waals surface area contributed by atoms with Crippen molar-refractivity contribution < 1.29 is 21.9 Å². The molecule has 0 aromatic carbocycles. The molecule has 1 fully saturated rings. The third kappa shape index (κ3) is 13.9. The van der Waals surface area contributed by atoms with E-state index in [9.17, 15) is 0 Å². The third-order valence-electron chi connectivity index (χ3n) is 0.788. The molecule has 1 aliphatic heterocycles. The standard InChI is InChI=1S/C4H8O2.C3H7.ClH.Mg/c1-4-5-2-3-6-4;1-3-2;;/h4H,2-3H2,1H3;3H,1-2H3;1H;/q;;;+1/p-1. The first kappa shape index (κ1) is 14.5. The second kappa shape index (κ2) is 9.07. The van der Waals surface area contributed by atoms with Gasteiger partial charge in [0.25, 0.3) is 0 Å². The minimum Gasteiger partial charge on any atom is -1.00 e. The summed E-state index contributed by atoms with van der Waals surface area (Å²) < 4.78 is 10.7. The Labute approximate surface area is 87.9 Å². The van der Waals surface area contributed by atoms with Gasteiger partial charge in [0.2, 0.25) is 0 Å². The van der Waals surface area contributed by atoms with Crippen LogP contribution in [0.3, 0.4) is 0 Å². The van der Waals surface area contributed by atoms with Crippen molar-refractivity contribution in [3.8, 4) is 0 Å². The SMILES string of the molecule is CC1OCCO1.C[CH](C)[Mg+].[Cl-]. The van der Waals surface area contributed by atoms with Gasteiger partial charge in [-0.15, -0.1) is 0 Å². The van der Waals surface area contributed by atoms with E-state index in [0.29, 0.717) is 0 Å². The van der Waals surface area contributed by atoms with Crippen LogP contribution >= 0.6 is 0 Å². The van der Waals surface area contributed by atoms with E-state index < -0.39 is 0 Å². The number of hydrogen-bond acceptors (Lipinski definition) is 2. The number of halogens is 1. The normalized spacial score (nSPS) is 17.3. The van der Waals surface area contributed by atoms with Gasteiger partial charge in [0.1, 0.15) is 0 Å². The topological polar surface area (TPSA) is 18.5 Å². The van der Waals surface area contributed by atoms with E-state index in [0.717, 1.165) is 17.3 Å². The Morgan fingerprint density at radius 3 is 1.64 bits per heavy atom. The second-order valence-electron chi connectivity index (χ2n) is 2.70. The molecule has 1 rings (SSSR count). The molecule has 0 aromatic rings. The van der Waals surface area contributed by atoms with Crippen molar-refractivity contribution >= 4 is 21.7 Å². The maximum atomic E-state index is 4.93. The average molecular weight is 191 g/mol. The Kier molecular flexibility index (Phi) is 12.0. The first-order chi connectivity index (χ1) is 4.63. The summed E-state index contributed by atoms with van der Waals surface area (Å²) in [5.74, 6) is 0. The molecular weight excluding hydrogens is 176 g/mol. The molecule has 0 amide bonds. The Balaban J connectivity index is 0. The smallest absolute Gasteiger partial charge is 1.00 e. The van der Waals surface area contributed by atoms with Gasteiger partial charge < -0.3 is 21.9 Å². The van der Waals surface area contributed by atoms with Crippen LogP contribution < -0.4 is 12.4 Å². The van der Waals surface area contributed by atoms with Crippen LogP contribution in [0.1, 0.15) is 20.8 Å². The van der Waals surface area contributed by atoms with E-state index in [1.807, 2.05) is 28.6 Å². The number of rotatable bonds is 0. The predicted molar refractivity (Wildman–Crippen MR) is 42.2 cm³/mol. The van der Waals surface area contributed by atoms with E-state index in [4.69, 9.17) is 9.47 Å². The quantitative estimate of drug-likeness (QED) is 0.428. The average Bonchev–Trinajstić information content (AvgIpc) is 2.15. The van der Waals surface area contributed by atoms with E-state index in [-0.39, 0.29) is 18.7 Å². The molecule has 1 aliphatic rings. The molecule has 2 nitrogen and oxygen atoms in total. The summed E-state index contributed by atoms with van der Waals surface area (Å²) in [6.45, 7) is 7.78. The summed E-state index contributed by atoms with van der Waals surface area (Å²) in [7, 11) is 0. The van der Waals surface area contributed by atoms with Gasteiger partial charge in [0.15, 0.2) is 6.29 Å². The first-order valence-electron chi connectivity index (χ1n) is 3.69. The van der Waals surface area contributed by atoms with Crippen molar-refractivity contribution in [3.63, 3.8) is 0 Å². The molecule has 64 valence electrons. The van der Waals surface area contributed by atoms with E-state index >= 15 is 0 Å². The van der Waals surface area contributed by atoms with Crippen LogP contribution in [0.15, 0.2) is 0 Å². The predicted octanol–water partition coefficient (Wildman–Crippen LogP) is -1.63. The molecule has 0 bridgehead atoms. The summed E-state index contributed by atoms with van der Waals surface area (Å²) >= 11 is 2.00. The molecule has 0 N–H and O–H groups in total. The molecule has 0 aliphatic carbocycles. The largest absolute Gasteiger partial charge is 1.00 e. The summed E-state index contributed by atoms with van der Waals surface area (Å²) in [5.41, 5.74) is 0. The van der Waals surface area contributed by atoms with Crippen molar-refractivity contribution in [2.45, 2.75) is 31.1 Å². The molecule has 0 atom stereocenters. The maximum absolute atomic E-state index is 4.93. The molecule has 0 radical (unpaired) electrons. The zero-order valence-electron chi connectivity index (χ0n) is 7.47. The van der Waals surface area contributed by atoms with Crippen LogP contribution in [0, 0.1) is 0 Å². The zero-order valence-corrected chi connectivity index (χ0v) is 9.64. The Bertz CT molecular complexity index is 72.1. The monoisotopic (exact) mass is 190 g/mol. The number of hydrogen-bond donors (Lipinski definition) is 0. The molecule has 1 heterocycles. The molecule has 0 spiro atoms. The van der Waals surface area contributed by atoms with Crippen LogP contribution in [0.25, 0.3) is 0 Å². The molecule has 4 heteroatoms. The Hall–Kier alpha value is 0.976. The van der Waals surface area contributed by atoms with Crippen LogP contribution in [-0.2, 0) is 9.47 Å². The van der Waals surface area contributed by atoms with E-state index in [1.165, 1.54) is 0 Å². The van der Waals surface area contributed by atoms with Gasteiger partial charge in [-0.25, -0.2) is 0 Å². The molecule has 0 unspecified atom stereocenters. The van der Waals surface area contributed by atoms with E-state index in [1.54, 1.807) is 0 Å². The van der Waals surface area contributed by atoms with Gasteiger partial charge in [-0.1, -0.05) is 0 Å². The van der Waals surface area contributed by atoms with Crippen molar-refractivity contribution in [1.82, 2.24) is 0 Å². The van der Waals surface area contributed by atoms with Crippen molar-refractivity contribution in [3.05, 3.63) is 0 Å². The van der Waals surface area contributed by atoms with Crippen LogP contribution in [-0.4, -0.2) is 41.2 Å². The summed E-state index contributed by atoms with van der Waals surface area (Å²) in [4.78, 5) is 0. The summed E-state index contributed by atoms with van der Waals surface area (Å²) in [5, 5.41) is 0. The van der Waals surface area contributed by atoms with Gasteiger partial charge in [-0.05, 0) is 6.92 Å². The minimum atomic E-state index is 0. The summed E-state index contributed by atoms with van der Waals surface area (Å²) in [6, 6.07) is 0. The molecule has 0 saturated carbocycles. The van der Waals surface area contributed by atoms with Crippen LogP contribution in [0.4, 0.5) is 0 Å².